The lowest BCUT2D eigenvalue weighted by atomic mass is 9.87. The maximum Gasteiger partial charge on any atom is 0.318 e. The Balaban J connectivity index is 0.000000216. The molecule has 2 fully saturated rings. The lowest BCUT2D eigenvalue weighted by Gasteiger charge is -2.39. The molecule has 2 aliphatic rings. The first kappa shape index (κ1) is 46.6. The second kappa shape index (κ2) is 19.3. The number of ether oxygens (including phenoxy) is 6. The number of carboxylic acid groups (broad SMARTS) is 2. The van der Waals surface area contributed by atoms with Gasteiger partial charge in [-0.25, -0.2) is 9.97 Å². The summed E-state index contributed by atoms with van der Waals surface area (Å²) < 4.78 is 32.9. The number of carbonyl (C=O) groups excluding carboxylic acids is 2. The summed E-state index contributed by atoms with van der Waals surface area (Å²) in [5, 5.41) is 20.6. The SMILES string of the molecule is C=CC1(C(=O)O)COC(C)(C)OC1.CC(=O)O[C@H](C)c1ccc2ccc(/C=C/C3(C(=O)O)COC(C)(C)OC3)cc2n1.CC(=O)O[C@H](C)c1ccc2ccc(Br)cc2n1. The molecule has 0 spiro atoms. The van der Waals surface area contributed by atoms with E-state index in [9.17, 15) is 24.3 Å². The van der Waals surface area contributed by atoms with Crippen LogP contribution >= 0.6 is 15.9 Å². The van der Waals surface area contributed by atoms with Crippen LogP contribution in [0.4, 0.5) is 0 Å². The number of pyridine rings is 2. The lowest BCUT2D eigenvalue weighted by Crippen LogP contribution is -2.49. The molecule has 0 amide bonds. The van der Waals surface area contributed by atoms with Gasteiger partial charge in [0.05, 0.1) is 48.8 Å². The third-order valence-corrected chi connectivity index (χ3v) is 9.97. The van der Waals surface area contributed by atoms with Crippen molar-refractivity contribution >= 4 is 67.7 Å². The van der Waals surface area contributed by atoms with Crippen molar-refractivity contribution < 1.29 is 57.8 Å². The van der Waals surface area contributed by atoms with Gasteiger partial charge in [-0.2, -0.15) is 0 Å². The number of halogens is 1. The molecule has 59 heavy (non-hydrogen) atoms. The van der Waals surface area contributed by atoms with Crippen molar-refractivity contribution in [1.82, 2.24) is 9.97 Å². The standard InChI is InChI=1S/C22H25NO6.C13H12BrNO2.C9H14O4/c1-14(29-15(2)24)18-8-7-17-6-5-16(11-19(17)23-18)9-10-22(20(25)26)12-27-21(3,4)28-13-22;1-8(17-9(2)16)12-6-4-10-3-5-11(14)7-13(10)15-12;1-4-9(7(10)11)5-12-8(2,3)13-6-9/h5-11,14H,12-13H2,1-4H3,(H,25,26);3-8H,1-2H3;4H,1,5-6H2,2-3H3,(H,10,11)/b10-9+;;/t14-;8-;/m11./s1. The maximum atomic E-state index is 11.9. The van der Waals surface area contributed by atoms with Crippen LogP contribution in [0.1, 0.15) is 84.5 Å². The molecule has 2 aromatic carbocycles. The Hall–Kier alpha value is -5.06. The molecule has 0 saturated carbocycles. The smallest absolute Gasteiger partial charge is 0.318 e. The van der Waals surface area contributed by atoms with Gasteiger partial charge in [-0.05, 0) is 77.4 Å². The number of carboxylic acids is 2. The predicted octanol–water partition coefficient (Wildman–Crippen LogP) is 8.37. The van der Waals surface area contributed by atoms with Crippen molar-refractivity contribution in [2.24, 2.45) is 10.8 Å². The summed E-state index contributed by atoms with van der Waals surface area (Å²) in [5.74, 6) is -4.11. The molecule has 0 radical (unpaired) electrons. The van der Waals surface area contributed by atoms with Crippen LogP contribution in [0.2, 0.25) is 0 Å². The minimum absolute atomic E-state index is 0.0295. The zero-order chi connectivity index (χ0) is 43.8. The molecule has 4 heterocycles. The van der Waals surface area contributed by atoms with Gasteiger partial charge in [0.1, 0.15) is 23.0 Å². The molecule has 15 heteroatoms. The minimum Gasteiger partial charge on any atom is -0.480 e. The maximum absolute atomic E-state index is 11.9. The second-order valence-electron chi connectivity index (χ2n) is 15.2. The van der Waals surface area contributed by atoms with E-state index in [2.05, 4.69) is 32.5 Å². The van der Waals surface area contributed by atoms with Crippen molar-refractivity contribution in [3.63, 3.8) is 0 Å². The number of fused-ring (bicyclic) bond motifs is 2. The molecule has 2 N–H and O–H groups in total. The fourth-order valence-corrected chi connectivity index (χ4v) is 6.03. The highest BCUT2D eigenvalue weighted by atomic mass is 79.9. The van der Waals surface area contributed by atoms with E-state index in [0.29, 0.717) is 5.69 Å². The Bertz CT molecular complexity index is 2200. The van der Waals surface area contributed by atoms with Crippen LogP contribution < -0.4 is 0 Å². The number of rotatable bonds is 9. The molecule has 14 nitrogen and oxygen atoms in total. The van der Waals surface area contributed by atoms with E-state index in [1.807, 2.05) is 67.6 Å². The van der Waals surface area contributed by atoms with Gasteiger partial charge in [-0.3, -0.25) is 19.2 Å². The number of nitrogens with zero attached hydrogens (tertiary/aromatic N) is 2. The average Bonchev–Trinajstić information content (AvgIpc) is 3.17. The third kappa shape index (κ3) is 12.7. The van der Waals surface area contributed by atoms with Crippen LogP contribution in [-0.4, -0.2) is 82.1 Å². The van der Waals surface area contributed by atoms with E-state index >= 15 is 0 Å². The van der Waals surface area contributed by atoms with E-state index in [1.165, 1.54) is 19.9 Å². The molecule has 6 rings (SSSR count). The topological polar surface area (TPSA) is 190 Å². The minimum atomic E-state index is -1.25. The first-order valence-corrected chi connectivity index (χ1v) is 19.5. The number of aromatic nitrogens is 2. The van der Waals surface area contributed by atoms with Crippen molar-refractivity contribution in [3.8, 4) is 0 Å². The van der Waals surface area contributed by atoms with Gasteiger partial charge in [0.15, 0.2) is 11.6 Å². The molecule has 0 aliphatic carbocycles. The van der Waals surface area contributed by atoms with Gasteiger partial charge in [-0.1, -0.05) is 64.5 Å². The predicted molar refractivity (Wildman–Crippen MR) is 223 cm³/mol. The molecular weight excluding hydrogens is 828 g/mol. The molecular formula is C44H51BrN2O12. The summed E-state index contributed by atoms with van der Waals surface area (Å²) >= 11 is 3.41. The number of esters is 2. The summed E-state index contributed by atoms with van der Waals surface area (Å²) in [5.41, 5.74) is 1.48. The second-order valence-corrected chi connectivity index (χ2v) is 16.1. The van der Waals surface area contributed by atoms with Crippen LogP contribution in [0.5, 0.6) is 0 Å². The van der Waals surface area contributed by atoms with Gasteiger partial charge in [0.25, 0.3) is 0 Å². The summed E-state index contributed by atoms with van der Waals surface area (Å²) in [6, 6.07) is 19.2. The van der Waals surface area contributed by atoms with E-state index in [1.54, 1.807) is 46.8 Å². The highest BCUT2D eigenvalue weighted by molar-refractivity contribution is 9.10. The fourth-order valence-electron chi connectivity index (χ4n) is 5.68. The monoisotopic (exact) mass is 878 g/mol. The van der Waals surface area contributed by atoms with Crippen molar-refractivity contribution in [1.29, 1.82) is 0 Å². The van der Waals surface area contributed by atoms with Gasteiger partial charge >= 0.3 is 23.9 Å². The summed E-state index contributed by atoms with van der Waals surface area (Å²) in [7, 11) is 0. The highest BCUT2D eigenvalue weighted by Gasteiger charge is 2.45. The van der Waals surface area contributed by atoms with Gasteiger partial charge in [0.2, 0.25) is 0 Å². The summed E-state index contributed by atoms with van der Waals surface area (Å²) in [6.07, 6.45) is 3.94. The molecule has 2 atom stereocenters. The molecule has 0 unspecified atom stereocenters. The van der Waals surface area contributed by atoms with Crippen LogP contribution in [0.25, 0.3) is 27.9 Å². The molecule has 2 aliphatic heterocycles. The Morgan fingerprint density at radius 3 is 1.53 bits per heavy atom. The Labute approximate surface area is 351 Å². The van der Waals surface area contributed by atoms with Crippen LogP contribution in [0, 0.1) is 10.8 Å². The van der Waals surface area contributed by atoms with Gasteiger partial charge in [0, 0.05) is 29.1 Å². The Morgan fingerprint density at radius 2 is 1.10 bits per heavy atom. The number of hydrogen-bond donors (Lipinski definition) is 2. The summed E-state index contributed by atoms with van der Waals surface area (Å²) in [6.45, 7) is 17.1. The van der Waals surface area contributed by atoms with Crippen molar-refractivity contribution in [2.75, 3.05) is 26.4 Å². The first-order chi connectivity index (χ1) is 27.6. The molecule has 4 aromatic rings. The Kier molecular flexibility index (Phi) is 15.3. The number of benzene rings is 2. The molecule has 2 aromatic heterocycles. The summed E-state index contributed by atoms with van der Waals surface area (Å²) in [4.78, 5) is 53.9. The number of aliphatic carboxylic acids is 2. The molecule has 2 saturated heterocycles. The molecule has 316 valence electrons. The van der Waals surface area contributed by atoms with Crippen molar-refractivity contribution in [2.45, 2.75) is 79.2 Å². The first-order valence-electron chi connectivity index (χ1n) is 18.7. The largest absolute Gasteiger partial charge is 0.480 e. The lowest BCUT2D eigenvalue weighted by molar-refractivity contribution is -0.275. The van der Waals surface area contributed by atoms with Crippen LogP contribution in [0.15, 0.2) is 83.9 Å². The fraction of sp³-hybridized carbons (Fsp3) is 0.409. The Morgan fingerprint density at radius 1 is 0.695 bits per heavy atom. The third-order valence-electron chi connectivity index (χ3n) is 9.48. The zero-order valence-electron chi connectivity index (χ0n) is 34.4. The number of hydrogen-bond acceptors (Lipinski definition) is 12. The van der Waals surface area contributed by atoms with E-state index in [-0.39, 0.29) is 44.5 Å². The zero-order valence-corrected chi connectivity index (χ0v) is 36.0. The highest BCUT2D eigenvalue weighted by Crippen LogP contribution is 2.33. The average molecular weight is 880 g/mol. The van der Waals surface area contributed by atoms with E-state index in [0.717, 1.165) is 37.5 Å². The van der Waals surface area contributed by atoms with Crippen LogP contribution in [-0.2, 0) is 47.6 Å². The van der Waals surface area contributed by atoms with E-state index < -0.39 is 40.4 Å². The van der Waals surface area contributed by atoms with Gasteiger partial charge in [-0.15, -0.1) is 6.58 Å². The number of carbonyl (C=O) groups is 4. The van der Waals surface area contributed by atoms with Crippen LogP contribution in [0.3, 0.4) is 0 Å². The molecule has 0 bridgehead atoms. The normalized spacial score (nSPS) is 18.5. The quantitative estimate of drug-likeness (QED) is 0.120. The van der Waals surface area contributed by atoms with Crippen molar-refractivity contribution in [3.05, 3.63) is 101 Å². The van der Waals surface area contributed by atoms with Gasteiger partial charge < -0.3 is 38.6 Å². The van der Waals surface area contributed by atoms with E-state index in [4.69, 9.17) is 33.5 Å².